The van der Waals surface area contributed by atoms with Gasteiger partial charge in [0.25, 0.3) is 0 Å². The first kappa shape index (κ1) is 13.3. The molecule has 2 N–H and O–H groups in total. The van der Waals surface area contributed by atoms with Crippen molar-refractivity contribution in [3.05, 3.63) is 0 Å². The molecule has 0 aromatic carbocycles. The molecule has 0 aromatic heterocycles. The highest BCUT2D eigenvalue weighted by molar-refractivity contribution is 7.91. The van der Waals surface area contributed by atoms with Crippen LogP contribution < -0.4 is 5.32 Å². The quantitative estimate of drug-likeness (QED) is 0.683. The molecule has 2 rings (SSSR count). The van der Waals surface area contributed by atoms with Crippen LogP contribution in [0.1, 0.15) is 19.3 Å². The summed E-state index contributed by atoms with van der Waals surface area (Å²) in [7, 11) is -1.10. The minimum Gasteiger partial charge on any atom is -0.390 e. The molecule has 0 spiro atoms. The van der Waals surface area contributed by atoms with Crippen LogP contribution in [0.2, 0.25) is 0 Å². The highest BCUT2D eigenvalue weighted by Gasteiger charge is 2.40. The van der Waals surface area contributed by atoms with Gasteiger partial charge in [0.05, 0.1) is 23.7 Å². The zero-order valence-electron chi connectivity index (χ0n) is 10.3. The lowest BCUT2D eigenvalue weighted by atomic mass is 10.0. The zero-order valence-corrected chi connectivity index (χ0v) is 11.1. The van der Waals surface area contributed by atoms with Gasteiger partial charge in [-0.15, -0.1) is 0 Å². The third kappa shape index (κ3) is 3.19. The highest BCUT2D eigenvalue weighted by atomic mass is 32.2. The lowest BCUT2D eigenvalue weighted by Gasteiger charge is -2.33. The lowest BCUT2D eigenvalue weighted by molar-refractivity contribution is 0.0691. The Labute approximate surface area is 103 Å². The number of hydrogen-bond donors (Lipinski definition) is 2. The molecular formula is C11H22N2O3S. The Morgan fingerprint density at radius 2 is 2.00 bits per heavy atom. The van der Waals surface area contributed by atoms with E-state index in [1.165, 1.54) is 0 Å². The van der Waals surface area contributed by atoms with Gasteiger partial charge in [-0.3, -0.25) is 4.90 Å². The van der Waals surface area contributed by atoms with E-state index in [0.717, 1.165) is 32.4 Å². The molecular weight excluding hydrogens is 240 g/mol. The van der Waals surface area contributed by atoms with Crippen molar-refractivity contribution in [3.8, 4) is 0 Å². The molecule has 100 valence electrons. The van der Waals surface area contributed by atoms with Crippen LogP contribution in [0.15, 0.2) is 0 Å². The molecule has 0 bridgehead atoms. The molecule has 0 amide bonds. The summed E-state index contributed by atoms with van der Waals surface area (Å²) in [5, 5.41) is 13.2. The van der Waals surface area contributed by atoms with Gasteiger partial charge in [-0.1, -0.05) is 0 Å². The third-order valence-electron chi connectivity index (χ3n) is 3.94. The number of nitrogens with zero attached hydrogens (tertiary/aromatic N) is 1. The highest BCUT2D eigenvalue weighted by Crippen LogP contribution is 2.22. The minimum absolute atomic E-state index is 0.0764. The van der Waals surface area contributed by atoms with Crippen molar-refractivity contribution in [1.82, 2.24) is 10.2 Å². The number of sulfone groups is 1. The van der Waals surface area contributed by atoms with E-state index in [2.05, 4.69) is 10.2 Å². The van der Waals surface area contributed by atoms with E-state index < -0.39 is 15.9 Å². The van der Waals surface area contributed by atoms with Crippen LogP contribution >= 0.6 is 0 Å². The van der Waals surface area contributed by atoms with E-state index >= 15 is 0 Å². The molecule has 0 saturated carbocycles. The van der Waals surface area contributed by atoms with Gasteiger partial charge in [-0.25, -0.2) is 8.42 Å². The Hall–Kier alpha value is -0.170. The number of likely N-dealkylation sites (N-methyl/N-ethyl adjacent to an activating group) is 1. The average molecular weight is 262 g/mol. The van der Waals surface area contributed by atoms with Crippen molar-refractivity contribution >= 4 is 9.84 Å². The van der Waals surface area contributed by atoms with Crippen LogP contribution in [0.4, 0.5) is 0 Å². The Bertz CT molecular complexity index is 350. The molecule has 0 radical (unpaired) electrons. The first-order chi connectivity index (χ1) is 7.99. The fraction of sp³-hybridized carbons (Fsp3) is 1.00. The van der Waals surface area contributed by atoms with E-state index in [4.69, 9.17) is 0 Å². The molecule has 5 nitrogen and oxygen atoms in total. The van der Waals surface area contributed by atoms with E-state index in [0.29, 0.717) is 6.04 Å². The monoisotopic (exact) mass is 262 g/mol. The van der Waals surface area contributed by atoms with Crippen molar-refractivity contribution in [2.75, 3.05) is 31.6 Å². The Morgan fingerprint density at radius 1 is 1.24 bits per heavy atom. The topological polar surface area (TPSA) is 69.6 Å². The summed E-state index contributed by atoms with van der Waals surface area (Å²) in [6.45, 7) is 2.01. The molecule has 2 fully saturated rings. The summed E-state index contributed by atoms with van der Waals surface area (Å²) in [6.07, 6.45) is 2.50. The second-order valence-electron chi connectivity index (χ2n) is 5.21. The molecule has 3 unspecified atom stereocenters. The van der Waals surface area contributed by atoms with Crippen molar-refractivity contribution in [3.63, 3.8) is 0 Å². The smallest absolute Gasteiger partial charge is 0.154 e. The maximum Gasteiger partial charge on any atom is 0.154 e. The molecule has 6 heteroatoms. The molecule has 2 heterocycles. The van der Waals surface area contributed by atoms with Crippen LogP contribution in [0.5, 0.6) is 0 Å². The second kappa shape index (κ2) is 5.22. The average Bonchev–Trinajstić information content (AvgIpc) is 2.47. The molecule has 2 saturated heterocycles. The first-order valence-corrected chi connectivity index (χ1v) is 8.13. The summed E-state index contributed by atoms with van der Waals surface area (Å²) in [5.41, 5.74) is 0. The molecule has 3 atom stereocenters. The molecule has 17 heavy (non-hydrogen) atoms. The summed E-state index contributed by atoms with van der Waals surface area (Å²) >= 11 is 0. The van der Waals surface area contributed by atoms with Gasteiger partial charge in [0.2, 0.25) is 0 Å². The maximum absolute atomic E-state index is 11.5. The van der Waals surface area contributed by atoms with Gasteiger partial charge in [0.15, 0.2) is 9.84 Å². The van der Waals surface area contributed by atoms with Gasteiger partial charge < -0.3 is 10.4 Å². The van der Waals surface area contributed by atoms with Crippen LogP contribution in [0.3, 0.4) is 0 Å². The molecule has 2 aliphatic heterocycles. The van der Waals surface area contributed by atoms with Crippen molar-refractivity contribution in [1.29, 1.82) is 0 Å². The van der Waals surface area contributed by atoms with Gasteiger partial charge in [0.1, 0.15) is 0 Å². The first-order valence-electron chi connectivity index (χ1n) is 6.31. The van der Waals surface area contributed by atoms with Crippen LogP contribution in [-0.4, -0.2) is 68.3 Å². The number of nitrogens with one attached hydrogen (secondary N) is 1. The third-order valence-corrected chi connectivity index (χ3v) is 5.64. The van der Waals surface area contributed by atoms with E-state index in [9.17, 15) is 13.5 Å². The van der Waals surface area contributed by atoms with Gasteiger partial charge >= 0.3 is 0 Å². The fourth-order valence-electron chi connectivity index (χ4n) is 2.88. The SMILES string of the molecule is CN(C1CCCNCC1)C1CS(=O)(=O)CC1O. The van der Waals surface area contributed by atoms with Gasteiger partial charge in [-0.05, 0) is 39.4 Å². The van der Waals surface area contributed by atoms with E-state index in [1.807, 2.05) is 7.05 Å². The van der Waals surface area contributed by atoms with Crippen LogP contribution in [0.25, 0.3) is 0 Å². The fourth-order valence-corrected chi connectivity index (χ4v) is 4.73. The predicted octanol–water partition coefficient (Wildman–Crippen LogP) is -0.782. The predicted molar refractivity (Wildman–Crippen MR) is 66.7 cm³/mol. The van der Waals surface area contributed by atoms with Crippen LogP contribution in [0, 0.1) is 0 Å². The normalized spacial score (nSPS) is 38.2. The largest absolute Gasteiger partial charge is 0.390 e. The minimum atomic E-state index is -3.04. The van der Waals surface area contributed by atoms with E-state index in [1.54, 1.807) is 0 Å². The van der Waals surface area contributed by atoms with Gasteiger partial charge in [-0.2, -0.15) is 0 Å². The summed E-state index contributed by atoms with van der Waals surface area (Å²) in [5.74, 6) is 0.0293. The zero-order chi connectivity index (χ0) is 12.5. The summed E-state index contributed by atoms with van der Waals surface area (Å²) in [4.78, 5) is 2.09. The lowest BCUT2D eigenvalue weighted by Crippen LogP contribution is -2.46. The van der Waals surface area contributed by atoms with Gasteiger partial charge in [0, 0.05) is 6.04 Å². The number of aliphatic hydroxyl groups is 1. The van der Waals surface area contributed by atoms with E-state index in [-0.39, 0.29) is 17.5 Å². The molecule has 2 aliphatic rings. The standard InChI is InChI=1S/C11H22N2O3S/c1-13(9-3-2-5-12-6-4-9)10-7-17(15,16)8-11(10)14/h9-12,14H,2-8H2,1H3. The number of hydrogen-bond acceptors (Lipinski definition) is 5. The second-order valence-corrected chi connectivity index (χ2v) is 7.37. The van der Waals surface area contributed by atoms with Crippen molar-refractivity contribution in [2.24, 2.45) is 0 Å². The maximum atomic E-state index is 11.5. The molecule has 0 aromatic rings. The number of rotatable bonds is 2. The van der Waals surface area contributed by atoms with Crippen molar-refractivity contribution < 1.29 is 13.5 Å². The summed E-state index contributed by atoms with van der Waals surface area (Å²) < 4.78 is 23.0. The number of aliphatic hydroxyl groups excluding tert-OH is 1. The van der Waals surface area contributed by atoms with Crippen molar-refractivity contribution in [2.45, 2.75) is 37.5 Å². The Balaban J connectivity index is 2.01. The summed E-state index contributed by atoms with van der Waals surface area (Å²) in [6, 6.07) is 0.168. The Kier molecular flexibility index (Phi) is 4.07. The Morgan fingerprint density at radius 3 is 2.65 bits per heavy atom. The molecule has 0 aliphatic carbocycles. The van der Waals surface area contributed by atoms with Crippen LogP contribution in [-0.2, 0) is 9.84 Å².